The zero-order chi connectivity index (χ0) is 18.7. The maximum absolute atomic E-state index is 10.2. The van der Waals surface area contributed by atoms with Gasteiger partial charge in [0, 0.05) is 29.1 Å². The van der Waals surface area contributed by atoms with Gasteiger partial charge in [-0.1, -0.05) is 30.7 Å². The highest BCUT2D eigenvalue weighted by atomic mass is 35.5. The Morgan fingerprint density at radius 1 is 1.08 bits per heavy atom. The van der Waals surface area contributed by atoms with Gasteiger partial charge in [-0.2, -0.15) is 0 Å². The predicted octanol–water partition coefficient (Wildman–Crippen LogP) is 5.52. The number of nitrogens with zero attached hydrogens (tertiary/aromatic N) is 2. The number of ether oxygens (including phenoxy) is 1. The lowest BCUT2D eigenvalue weighted by molar-refractivity contribution is 0.242. The quantitative estimate of drug-likeness (QED) is 0.644. The van der Waals surface area contributed by atoms with Crippen LogP contribution in [0.25, 0.3) is 22.5 Å². The number of hydrogen-bond acceptors (Lipinski definition) is 4. The lowest BCUT2D eigenvalue weighted by Gasteiger charge is -2.12. The number of aromatic hydroxyl groups is 1. The Hall–Kier alpha value is -2.59. The van der Waals surface area contributed by atoms with Crippen molar-refractivity contribution in [2.45, 2.75) is 33.3 Å². The normalized spacial score (nSPS) is 11.0. The first-order valence-electron chi connectivity index (χ1n) is 8.59. The molecule has 0 bridgehead atoms. The van der Waals surface area contributed by atoms with Gasteiger partial charge >= 0.3 is 0 Å². The molecule has 0 unspecified atom stereocenters. The van der Waals surface area contributed by atoms with Crippen LogP contribution in [0.2, 0.25) is 5.02 Å². The van der Waals surface area contributed by atoms with Crippen LogP contribution in [-0.4, -0.2) is 21.2 Å². The average molecular weight is 369 g/mol. The lowest BCUT2D eigenvalue weighted by Crippen LogP contribution is -2.05. The summed E-state index contributed by atoms with van der Waals surface area (Å²) in [5.74, 6) is 1.45. The van der Waals surface area contributed by atoms with E-state index in [0.717, 1.165) is 28.7 Å². The second kappa shape index (κ2) is 7.75. The largest absolute Gasteiger partial charge is 0.507 e. The minimum Gasteiger partial charge on any atom is -0.507 e. The summed E-state index contributed by atoms with van der Waals surface area (Å²) in [6, 6.07) is 11.0. The zero-order valence-corrected chi connectivity index (χ0v) is 15.8. The summed E-state index contributed by atoms with van der Waals surface area (Å²) in [4.78, 5) is 8.90. The molecule has 0 saturated heterocycles. The molecule has 0 saturated carbocycles. The molecule has 0 fully saturated rings. The van der Waals surface area contributed by atoms with Crippen molar-refractivity contribution in [3.8, 4) is 34.0 Å². The Morgan fingerprint density at radius 2 is 1.81 bits per heavy atom. The zero-order valence-electron chi connectivity index (χ0n) is 15.0. The van der Waals surface area contributed by atoms with Gasteiger partial charge in [0.05, 0.1) is 11.1 Å². The molecule has 1 N–H and O–H groups in total. The van der Waals surface area contributed by atoms with Gasteiger partial charge in [-0.05, 0) is 50.1 Å². The Bertz CT molecular complexity index is 908. The molecule has 0 atom stereocenters. The van der Waals surface area contributed by atoms with E-state index in [0.29, 0.717) is 16.6 Å². The molecule has 1 aromatic heterocycles. The number of rotatable bonds is 5. The molecule has 0 amide bonds. The van der Waals surface area contributed by atoms with E-state index >= 15 is 0 Å². The van der Waals surface area contributed by atoms with Gasteiger partial charge < -0.3 is 9.84 Å². The van der Waals surface area contributed by atoms with Crippen molar-refractivity contribution in [1.82, 2.24) is 9.97 Å². The van der Waals surface area contributed by atoms with Crippen molar-refractivity contribution < 1.29 is 9.84 Å². The van der Waals surface area contributed by atoms with Crippen LogP contribution in [-0.2, 0) is 6.42 Å². The molecule has 2 aromatic carbocycles. The first-order chi connectivity index (χ1) is 12.5. The highest BCUT2D eigenvalue weighted by Gasteiger charge is 2.12. The molecule has 3 aromatic rings. The van der Waals surface area contributed by atoms with Crippen LogP contribution < -0.4 is 4.74 Å². The molecular formula is C21H21ClN2O2. The summed E-state index contributed by atoms with van der Waals surface area (Å²) >= 11 is 6.30. The third kappa shape index (κ3) is 3.81. The molecular weight excluding hydrogens is 348 g/mol. The van der Waals surface area contributed by atoms with E-state index in [9.17, 15) is 5.11 Å². The summed E-state index contributed by atoms with van der Waals surface area (Å²) in [6.07, 6.45) is 4.32. The molecule has 0 radical (unpaired) electrons. The van der Waals surface area contributed by atoms with E-state index < -0.39 is 0 Å². The molecule has 0 aliphatic heterocycles. The standard InChI is InChI=1S/C21H21ClN2O2/c1-4-14-6-5-7-18(25)20(14)16-11-23-21(24-12-16)15-8-9-19(17(22)10-15)26-13(2)3/h5-13,25H,4H2,1-3H3. The fourth-order valence-corrected chi connectivity index (χ4v) is 3.04. The molecule has 1 heterocycles. The first kappa shape index (κ1) is 18.2. The van der Waals surface area contributed by atoms with Gasteiger partial charge in [-0.15, -0.1) is 0 Å². The number of aryl methyl sites for hydroxylation is 1. The van der Waals surface area contributed by atoms with Crippen LogP contribution in [0.3, 0.4) is 0 Å². The van der Waals surface area contributed by atoms with Crippen molar-refractivity contribution in [2.24, 2.45) is 0 Å². The van der Waals surface area contributed by atoms with Crippen molar-refractivity contribution in [3.05, 3.63) is 59.4 Å². The van der Waals surface area contributed by atoms with Crippen LogP contribution in [0.1, 0.15) is 26.3 Å². The Balaban J connectivity index is 1.93. The van der Waals surface area contributed by atoms with E-state index in [1.165, 1.54) is 0 Å². The molecule has 0 spiro atoms. The molecule has 5 heteroatoms. The maximum Gasteiger partial charge on any atom is 0.159 e. The smallest absolute Gasteiger partial charge is 0.159 e. The number of aromatic nitrogens is 2. The van der Waals surface area contributed by atoms with Crippen molar-refractivity contribution >= 4 is 11.6 Å². The van der Waals surface area contributed by atoms with Crippen molar-refractivity contribution in [2.75, 3.05) is 0 Å². The predicted molar refractivity (Wildman–Crippen MR) is 105 cm³/mol. The molecule has 3 rings (SSSR count). The Kier molecular flexibility index (Phi) is 5.43. The third-order valence-corrected chi connectivity index (χ3v) is 4.30. The molecule has 0 aliphatic carbocycles. The van der Waals surface area contributed by atoms with Gasteiger partial charge in [0.2, 0.25) is 0 Å². The fourth-order valence-electron chi connectivity index (χ4n) is 2.81. The summed E-state index contributed by atoms with van der Waals surface area (Å²) in [6.45, 7) is 5.96. The highest BCUT2D eigenvalue weighted by molar-refractivity contribution is 6.32. The SMILES string of the molecule is CCc1cccc(O)c1-c1cnc(-c2ccc(OC(C)C)c(Cl)c2)nc1. The molecule has 4 nitrogen and oxygen atoms in total. The van der Waals surface area contributed by atoms with Crippen molar-refractivity contribution in [1.29, 1.82) is 0 Å². The highest BCUT2D eigenvalue weighted by Crippen LogP contribution is 2.33. The van der Waals surface area contributed by atoms with Gasteiger partial charge in [-0.3, -0.25) is 0 Å². The summed E-state index contributed by atoms with van der Waals surface area (Å²) in [5.41, 5.74) is 3.43. The first-order valence-corrected chi connectivity index (χ1v) is 8.97. The minimum absolute atomic E-state index is 0.0557. The number of phenols is 1. The van der Waals surface area contributed by atoms with Gasteiger partial charge in [0.1, 0.15) is 11.5 Å². The monoisotopic (exact) mass is 368 g/mol. The third-order valence-electron chi connectivity index (χ3n) is 4.00. The minimum atomic E-state index is 0.0557. The van der Waals surface area contributed by atoms with Gasteiger partial charge in [0.15, 0.2) is 5.82 Å². The van der Waals surface area contributed by atoms with E-state index in [4.69, 9.17) is 16.3 Å². The van der Waals surface area contributed by atoms with Crippen LogP contribution in [0.15, 0.2) is 48.8 Å². The number of phenolic OH excluding ortho intramolecular Hbond substituents is 1. The fraction of sp³-hybridized carbons (Fsp3) is 0.238. The van der Waals surface area contributed by atoms with E-state index in [1.54, 1.807) is 24.5 Å². The molecule has 0 aliphatic rings. The number of halogens is 1. The molecule has 26 heavy (non-hydrogen) atoms. The summed E-state index contributed by atoms with van der Waals surface area (Å²) in [7, 11) is 0. The molecule has 134 valence electrons. The van der Waals surface area contributed by atoms with Gasteiger partial charge in [-0.25, -0.2) is 9.97 Å². The topological polar surface area (TPSA) is 55.2 Å². The Morgan fingerprint density at radius 3 is 2.42 bits per heavy atom. The Labute approximate surface area is 158 Å². The average Bonchev–Trinajstić information content (AvgIpc) is 2.63. The van der Waals surface area contributed by atoms with Crippen LogP contribution in [0.4, 0.5) is 0 Å². The van der Waals surface area contributed by atoms with Crippen molar-refractivity contribution in [3.63, 3.8) is 0 Å². The second-order valence-electron chi connectivity index (χ2n) is 6.27. The second-order valence-corrected chi connectivity index (χ2v) is 6.68. The number of hydrogen-bond donors (Lipinski definition) is 1. The van der Waals surface area contributed by atoms with Crippen LogP contribution in [0, 0.1) is 0 Å². The summed E-state index contributed by atoms with van der Waals surface area (Å²) < 4.78 is 5.65. The summed E-state index contributed by atoms with van der Waals surface area (Å²) in [5, 5.41) is 10.7. The van der Waals surface area contributed by atoms with E-state index in [-0.39, 0.29) is 11.9 Å². The van der Waals surface area contributed by atoms with Crippen LogP contribution in [0.5, 0.6) is 11.5 Å². The van der Waals surface area contributed by atoms with E-state index in [1.807, 2.05) is 38.1 Å². The van der Waals surface area contributed by atoms with E-state index in [2.05, 4.69) is 16.9 Å². The number of benzene rings is 2. The van der Waals surface area contributed by atoms with Gasteiger partial charge in [0.25, 0.3) is 0 Å². The lowest BCUT2D eigenvalue weighted by atomic mass is 9.99. The van der Waals surface area contributed by atoms with Crippen LogP contribution >= 0.6 is 11.6 Å². The maximum atomic E-state index is 10.2.